The lowest BCUT2D eigenvalue weighted by Gasteiger charge is -2.32. The summed E-state index contributed by atoms with van der Waals surface area (Å²) in [6.45, 7) is 6.60. The van der Waals surface area contributed by atoms with Gasteiger partial charge in [-0.3, -0.25) is 0 Å². The predicted molar refractivity (Wildman–Crippen MR) is 86.6 cm³/mol. The molecule has 2 heterocycles. The standard InChI is InChI=1S/C16H22ClN3O2/c1-16(2,3)22-15(21)20-8-4-5-13(20)14-18-11-7-6-10(17)9-12(11)19-14/h6-7,9,13,15,21H,4-5,8H2,1-3H3,(H,18,19). The van der Waals surface area contributed by atoms with E-state index >= 15 is 0 Å². The molecule has 1 fully saturated rings. The number of imidazole rings is 1. The molecule has 0 spiro atoms. The van der Waals surface area contributed by atoms with Crippen molar-refractivity contribution in [2.24, 2.45) is 0 Å². The fourth-order valence-corrected chi connectivity index (χ4v) is 3.06. The minimum atomic E-state index is -0.927. The van der Waals surface area contributed by atoms with Crippen molar-refractivity contribution in [3.05, 3.63) is 29.0 Å². The number of hydrogen-bond acceptors (Lipinski definition) is 4. The van der Waals surface area contributed by atoms with Crippen LogP contribution in [0.25, 0.3) is 11.0 Å². The van der Waals surface area contributed by atoms with Crippen LogP contribution in [-0.4, -0.2) is 38.5 Å². The number of fused-ring (bicyclic) bond motifs is 1. The van der Waals surface area contributed by atoms with Gasteiger partial charge in [0, 0.05) is 11.6 Å². The van der Waals surface area contributed by atoms with Crippen LogP contribution in [0.15, 0.2) is 18.2 Å². The molecule has 0 aliphatic carbocycles. The van der Waals surface area contributed by atoms with Crippen LogP contribution in [0, 0.1) is 0 Å². The van der Waals surface area contributed by atoms with Crippen molar-refractivity contribution in [3.63, 3.8) is 0 Å². The molecule has 1 aliphatic rings. The van der Waals surface area contributed by atoms with Crippen LogP contribution in [0.2, 0.25) is 5.02 Å². The van der Waals surface area contributed by atoms with E-state index in [1.54, 1.807) is 0 Å². The summed E-state index contributed by atoms with van der Waals surface area (Å²) in [5.74, 6) is 0.853. The number of likely N-dealkylation sites (tertiary alicyclic amines) is 1. The fourth-order valence-electron chi connectivity index (χ4n) is 2.89. The Labute approximate surface area is 135 Å². The molecule has 1 aliphatic heterocycles. The number of halogens is 1. The van der Waals surface area contributed by atoms with Crippen molar-refractivity contribution in [2.45, 2.75) is 51.7 Å². The summed E-state index contributed by atoms with van der Waals surface area (Å²) in [5, 5.41) is 11.1. The van der Waals surface area contributed by atoms with Gasteiger partial charge in [-0.25, -0.2) is 9.88 Å². The molecule has 0 amide bonds. The maximum atomic E-state index is 10.4. The molecule has 5 nitrogen and oxygen atoms in total. The number of nitrogens with zero attached hydrogens (tertiary/aromatic N) is 2. The van der Waals surface area contributed by atoms with E-state index in [0.717, 1.165) is 36.2 Å². The Morgan fingerprint density at radius 1 is 1.45 bits per heavy atom. The molecule has 0 saturated carbocycles. The van der Waals surface area contributed by atoms with Gasteiger partial charge in [-0.1, -0.05) is 11.6 Å². The Bertz CT molecular complexity index is 665. The smallest absolute Gasteiger partial charge is 0.217 e. The second kappa shape index (κ2) is 5.81. The fraction of sp³-hybridized carbons (Fsp3) is 0.562. The van der Waals surface area contributed by atoms with Crippen molar-refractivity contribution in [3.8, 4) is 0 Å². The number of rotatable bonds is 3. The number of ether oxygens (including phenoxy) is 1. The van der Waals surface area contributed by atoms with E-state index in [9.17, 15) is 5.11 Å². The largest absolute Gasteiger partial charge is 0.356 e. The van der Waals surface area contributed by atoms with Crippen LogP contribution < -0.4 is 0 Å². The van der Waals surface area contributed by atoms with Crippen molar-refractivity contribution < 1.29 is 9.84 Å². The third-order valence-corrected chi connectivity index (χ3v) is 4.05. The van der Waals surface area contributed by atoms with Gasteiger partial charge in [0.2, 0.25) is 6.41 Å². The first kappa shape index (κ1) is 15.7. The zero-order chi connectivity index (χ0) is 15.9. The van der Waals surface area contributed by atoms with Crippen LogP contribution >= 0.6 is 11.6 Å². The molecule has 2 atom stereocenters. The summed E-state index contributed by atoms with van der Waals surface area (Å²) >= 11 is 6.02. The number of aliphatic hydroxyl groups is 1. The predicted octanol–water partition coefficient (Wildman–Crippen LogP) is 3.44. The molecule has 6 heteroatoms. The highest BCUT2D eigenvalue weighted by Crippen LogP contribution is 2.34. The van der Waals surface area contributed by atoms with Gasteiger partial charge in [-0.15, -0.1) is 0 Å². The van der Waals surface area contributed by atoms with E-state index in [1.165, 1.54) is 0 Å². The van der Waals surface area contributed by atoms with Crippen molar-refractivity contribution in [2.75, 3.05) is 6.54 Å². The molecule has 1 aromatic carbocycles. The maximum Gasteiger partial charge on any atom is 0.217 e. The molecule has 22 heavy (non-hydrogen) atoms. The highest BCUT2D eigenvalue weighted by Gasteiger charge is 2.35. The summed E-state index contributed by atoms with van der Waals surface area (Å²) < 4.78 is 5.69. The van der Waals surface area contributed by atoms with Crippen LogP contribution in [0.1, 0.15) is 45.5 Å². The van der Waals surface area contributed by atoms with Gasteiger partial charge in [0.1, 0.15) is 5.82 Å². The van der Waals surface area contributed by atoms with Gasteiger partial charge in [0.05, 0.1) is 22.7 Å². The normalized spacial score (nSPS) is 21.6. The summed E-state index contributed by atoms with van der Waals surface area (Å²) in [7, 11) is 0. The Morgan fingerprint density at radius 3 is 2.95 bits per heavy atom. The number of H-pyrrole nitrogens is 1. The van der Waals surface area contributed by atoms with Crippen LogP contribution in [0.4, 0.5) is 0 Å². The minimum Gasteiger partial charge on any atom is -0.356 e. The molecule has 2 N–H and O–H groups in total. The van der Waals surface area contributed by atoms with E-state index in [4.69, 9.17) is 16.3 Å². The molecule has 1 aromatic heterocycles. The second-order valence-corrected chi connectivity index (χ2v) is 7.17. The number of aromatic amines is 1. The minimum absolute atomic E-state index is 0.0310. The molecule has 3 rings (SSSR count). The first-order valence-electron chi connectivity index (χ1n) is 7.60. The molecular formula is C16H22ClN3O2. The number of aliphatic hydroxyl groups excluding tert-OH is 1. The van der Waals surface area contributed by atoms with Crippen LogP contribution in [-0.2, 0) is 4.74 Å². The quantitative estimate of drug-likeness (QED) is 0.849. The van der Waals surface area contributed by atoms with E-state index in [-0.39, 0.29) is 6.04 Å². The van der Waals surface area contributed by atoms with Crippen LogP contribution in [0.3, 0.4) is 0 Å². The zero-order valence-electron chi connectivity index (χ0n) is 13.1. The first-order chi connectivity index (χ1) is 10.3. The van der Waals surface area contributed by atoms with Gasteiger partial charge >= 0.3 is 0 Å². The molecule has 2 aromatic rings. The first-order valence-corrected chi connectivity index (χ1v) is 7.98. The second-order valence-electron chi connectivity index (χ2n) is 6.74. The lowest BCUT2D eigenvalue weighted by Crippen LogP contribution is -2.41. The Balaban J connectivity index is 1.85. The molecule has 0 radical (unpaired) electrons. The Kier molecular flexibility index (Phi) is 4.16. The number of benzene rings is 1. The Hall–Kier alpha value is -1.14. The summed E-state index contributed by atoms with van der Waals surface area (Å²) in [4.78, 5) is 9.91. The monoisotopic (exact) mass is 323 g/mol. The van der Waals surface area contributed by atoms with E-state index in [2.05, 4.69) is 9.97 Å². The number of nitrogens with one attached hydrogen (secondary N) is 1. The van der Waals surface area contributed by atoms with Gasteiger partial charge < -0.3 is 14.8 Å². The highest BCUT2D eigenvalue weighted by atomic mass is 35.5. The highest BCUT2D eigenvalue weighted by molar-refractivity contribution is 6.31. The third-order valence-electron chi connectivity index (χ3n) is 3.81. The van der Waals surface area contributed by atoms with Gasteiger partial charge in [-0.05, 0) is 51.8 Å². The molecule has 0 bridgehead atoms. The number of hydrogen-bond donors (Lipinski definition) is 2. The molecule has 2 unspecified atom stereocenters. The summed E-state index contributed by atoms with van der Waals surface area (Å²) in [5.41, 5.74) is 1.41. The van der Waals surface area contributed by atoms with Crippen molar-refractivity contribution in [1.29, 1.82) is 0 Å². The average molecular weight is 324 g/mol. The lowest BCUT2D eigenvalue weighted by molar-refractivity contribution is -0.243. The molecule has 1 saturated heterocycles. The Morgan fingerprint density at radius 2 is 2.23 bits per heavy atom. The molecular weight excluding hydrogens is 302 g/mol. The lowest BCUT2D eigenvalue weighted by atomic mass is 10.2. The number of aromatic nitrogens is 2. The summed E-state index contributed by atoms with van der Waals surface area (Å²) in [6.07, 6.45) is 1.02. The van der Waals surface area contributed by atoms with Crippen molar-refractivity contribution >= 4 is 22.6 Å². The topological polar surface area (TPSA) is 61.4 Å². The zero-order valence-corrected chi connectivity index (χ0v) is 13.9. The maximum absolute atomic E-state index is 10.4. The molecule has 120 valence electrons. The van der Waals surface area contributed by atoms with Crippen LogP contribution in [0.5, 0.6) is 0 Å². The van der Waals surface area contributed by atoms with Gasteiger partial charge in [-0.2, -0.15) is 0 Å². The van der Waals surface area contributed by atoms with Gasteiger partial charge in [0.15, 0.2) is 0 Å². The van der Waals surface area contributed by atoms with Crippen molar-refractivity contribution in [1.82, 2.24) is 14.9 Å². The van der Waals surface area contributed by atoms with E-state index < -0.39 is 12.0 Å². The average Bonchev–Trinajstić information content (AvgIpc) is 3.01. The van der Waals surface area contributed by atoms with E-state index in [0.29, 0.717) is 5.02 Å². The van der Waals surface area contributed by atoms with Gasteiger partial charge in [0.25, 0.3) is 0 Å². The SMILES string of the molecule is CC(C)(C)OC(O)N1CCCC1c1nc2ccc(Cl)cc2[nH]1. The third kappa shape index (κ3) is 3.27. The summed E-state index contributed by atoms with van der Waals surface area (Å²) in [6, 6.07) is 5.63. The van der Waals surface area contributed by atoms with E-state index in [1.807, 2.05) is 43.9 Å².